The maximum Gasteiger partial charge on any atom is 0.244 e. The molecule has 0 radical (unpaired) electrons. The van der Waals surface area contributed by atoms with Crippen LogP contribution >= 0.6 is 0 Å². The summed E-state index contributed by atoms with van der Waals surface area (Å²) >= 11 is 0. The van der Waals surface area contributed by atoms with Gasteiger partial charge >= 0.3 is 0 Å². The second-order valence-corrected chi connectivity index (χ2v) is 7.27. The van der Waals surface area contributed by atoms with E-state index in [1.807, 2.05) is 0 Å². The van der Waals surface area contributed by atoms with E-state index in [0.29, 0.717) is 11.8 Å². The van der Waals surface area contributed by atoms with E-state index in [4.69, 9.17) is 4.74 Å². The number of anilines is 4. The molecule has 3 heterocycles. The molecule has 0 bridgehead atoms. The van der Waals surface area contributed by atoms with E-state index in [9.17, 15) is 0 Å². The van der Waals surface area contributed by atoms with Crippen LogP contribution in [0.1, 0.15) is 19.3 Å². The van der Waals surface area contributed by atoms with Crippen LogP contribution in [0, 0.1) is 0 Å². The van der Waals surface area contributed by atoms with Gasteiger partial charge in [0, 0.05) is 50.6 Å². The van der Waals surface area contributed by atoms with Crippen molar-refractivity contribution in [3.8, 4) is 0 Å². The van der Waals surface area contributed by atoms with Crippen molar-refractivity contribution in [2.24, 2.45) is 0 Å². The minimum absolute atomic E-state index is 0.545. The standard InChI is InChI=1S/C20H29N7O/c1-2-9-27(10-3-1)18-6-4-17(5-7-18)23-19-16-22-25-20(24-19)21-8-11-26-12-14-28-15-13-26/h4-7,16H,1-3,8-15H2,(H2,21,23,24,25). The van der Waals surface area contributed by atoms with E-state index in [0.717, 1.165) is 58.2 Å². The molecule has 2 fully saturated rings. The predicted molar refractivity (Wildman–Crippen MR) is 111 cm³/mol. The number of benzene rings is 1. The number of rotatable bonds is 7. The molecule has 150 valence electrons. The Hall–Kier alpha value is -2.45. The smallest absolute Gasteiger partial charge is 0.244 e. The maximum atomic E-state index is 5.37. The molecule has 2 aromatic rings. The summed E-state index contributed by atoms with van der Waals surface area (Å²) in [5.74, 6) is 1.23. The molecule has 2 N–H and O–H groups in total. The zero-order chi connectivity index (χ0) is 19.0. The fraction of sp³-hybridized carbons (Fsp3) is 0.550. The fourth-order valence-electron chi connectivity index (χ4n) is 3.64. The summed E-state index contributed by atoms with van der Waals surface area (Å²) in [7, 11) is 0. The van der Waals surface area contributed by atoms with Gasteiger partial charge in [0.05, 0.1) is 19.4 Å². The van der Waals surface area contributed by atoms with Crippen LogP contribution < -0.4 is 15.5 Å². The van der Waals surface area contributed by atoms with Crippen LogP contribution in [0.25, 0.3) is 0 Å². The van der Waals surface area contributed by atoms with Crippen molar-refractivity contribution >= 4 is 23.1 Å². The Morgan fingerprint density at radius 2 is 1.75 bits per heavy atom. The first kappa shape index (κ1) is 18.9. The molecular formula is C20H29N7O. The van der Waals surface area contributed by atoms with E-state index in [-0.39, 0.29) is 0 Å². The Kier molecular flexibility index (Phi) is 6.52. The molecule has 0 saturated carbocycles. The predicted octanol–water partition coefficient (Wildman–Crippen LogP) is 2.35. The summed E-state index contributed by atoms with van der Waals surface area (Å²) in [6.07, 6.45) is 5.56. The van der Waals surface area contributed by atoms with Crippen LogP contribution in [-0.2, 0) is 4.74 Å². The van der Waals surface area contributed by atoms with Crippen molar-refractivity contribution in [3.05, 3.63) is 30.5 Å². The largest absolute Gasteiger partial charge is 0.379 e. The van der Waals surface area contributed by atoms with Gasteiger partial charge in [0.1, 0.15) is 0 Å². The monoisotopic (exact) mass is 383 g/mol. The molecule has 4 rings (SSSR count). The van der Waals surface area contributed by atoms with Gasteiger partial charge in [0.25, 0.3) is 0 Å². The topological polar surface area (TPSA) is 78.4 Å². The Balaban J connectivity index is 1.29. The highest BCUT2D eigenvalue weighted by Crippen LogP contribution is 2.23. The number of nitrogens with zero attached hydrogens (tertiary/aromatic N) is 5. The Morgan fingerprint density at radius 1 is 0.964 bits per heavy atom. The van der Waals surface area contributed by atoms with E-state index in [2.05, 4.69) is 59.9 Å². The van der Waals surface area contributed by atoms with Crippen LogP contribution in [0.3, 0.4) is 0 Å². The molecule has 0 spiro atoms. The normalized spacial score (nSPS) is 18.1. The van der Waals surface area contributed by atoms with Crippen LogP contribution in [0.4, 0.5) is 23.1 Å². The Bertz CT molecular complexity index is 728. The first-order valence-corrected chi connectivity index (χ1v) is 10.2. The summed E-state index contributed by atoms with van der Waals surface area (Å²) in [6.45, 7) is 7.63. The van der Waals surface area contributed by atoms with Crippen LogP contribution in [0.15, 0.2) is 30.5 Å². The molecule has 8 heteroatoms. The van der Waals surface area contributed by atoms with Crippen molar-refractivity contribution in [1.82, 2.24) is 20.1 Å². The maximum absolute atomic E-state index is 5.37. The number of piperidine rings is 1. The van der Waals surface area contributed by atoms with Gasteiger partial charge in [-0.1, -0.05) is 0 Å². The number of ether oxygens (including phenoxy) is 1. The molecule has 1 aromatic heterocycles. The van der Waals surface area contributed by atoms with Gasteiger partial charge in [-0.25, -0.2) is 0 Å². The molecule has 0 unspecified atom stereocenters. The van der Waals surface area contributed by atoms with Gasteiger partial charge < -0.3 is 20.3 Å². The number of morpholine rings is 1. The fourth-order valence-corrected chi connectivity index (χ4v) is 3.64. The first-order valence-electron chi connectivity index (χ1n) is 10.2. The van der Waals surface area contributed by atoms with Gasteiger partial charge in [0.15, 0.2) is 5.82 Å². The summed E-state index contributed by atoms with van der Waals surface area (Å²) in [6, 6.07) is 8.53. The van der Waals surface area contributed by atoms with E-state index >= 15 is 0 Å². The highest BCUT2D eigenvalue weighted by Gasteiger charge is 2.11. The zero-order valence-electron chi connectivity index (χ0n) is 16.3. The van der Waals surface area contributed by atoms with Crippen molar-refractivity contribution < 1.29 is 4.74 Å². The van der Waals surface area contributed by atoms with Gasteiger partial charge in [-0.3, -0.25) is 4.90 Å². The molecule has 2 aliphatic rings. The van der Waals surface area contributed by atoms with E-state index in [1.165, 1.54) is 24.9 Å². The summed E-state index contributed by atoms with van der Waals surface area (Å²) in [5.41, 5.74) is 2.29. The van der Waals surface area contributed by atoms with Gasteiger partial charge in [-0.05, 0) is 43.5 Å². The average molecular weight is 384 g/mol. The van der Waals surface area contributed by atoms with Crippen LogP contribution in [0.2, 0.25) is 0 Å². The van der Waals surface area contributed by atoms with Gasteiger partial charge in [0.2, 0.25) is 5.95 Å². The molecular weight excluding hydrogens is 354 g/mol. The number of aromatic nitrogens is 3. The molecule has 8 nitrogen and oxygen atoms in total. The third-order valence-corrected chi connectivity index (χ3v) is 5.23. The molecule has 0 aliphatic carbocycles. The Morgan fingerprint density at radius 3 is 2.54 bits per heavy atom. The number of hydrogen-bond acceptors (Lipinski definition) is 8. The molecule has 0 amide bonds. The summed E-state index contributed by atoms with van der Waals surface area (Å²) < 4.78 is 5.37. The zero-order valence-corrected chi connectivity index (χ0v) is 16.3. The number of nitrogens with one attached hydrogen (secondary N) is 2. The molecule has 2 aliphatic heterocycles. The van der Waals surface area contributed by atoms with Gasteiger partial charge in [-0.2, -0.15) is 10.1 Å². The third-order valence-electron chi connectivity index (χ3n) is 5.23. The quantitative estimate of drug-likeness (QED) is 0.754. The lowest BCUT2D eigenvalue weighted by molar-refractivity contribution is 0.0398. The van der Waals surface area contributed by atoms with E-state index < -0.39 is 0 Å². The lowest BCUT2D eigenvalue weighted by Gasteiger charge is -2.28. The van der Waals surface area contributed by atoms with Crippen molar-refractivity contribution in [1.29, 1.82) is 0 Å². The van der Waals surface area contributed by atoms with Gasteiger partial charge in [-0.15, -0.1) is 5.10 Å². The average Bonchev–Trinajstić information content (AvgIpc) is 2.76. The minimum Gasteiger partial charge on any atom is -0.379 e. The summed E-state index contributed by atoms with van der Waals surface area (Å²) in [5, 5.41) is 14.7. The molecule has 28 heavy (non-hydrogen) atoms. The Labute approximate surface area is 166 Å². The second kappa shape index (κ2) is 9.66. The highest BCUT2D eigenvalue weighted by molar-refractivity contribution is 5.60. The van der Waals surface area contributed by atoms with Crippen molar-refractivity contribution in [3.63, 3.8) is 0 Å². The number of hydrogen-bond donors (Lipinski definition) is 2. The third kappa shape index (κ3) is 5.30. The highest BCUT2D eigenvalue weighted by atomic mass is 16.5. The summed E-state index contributed by atoms with van der Waals surface area (Å²) in [4.78, 5) is 9.34. The van der Waals surface area contributed by atoms with Crippen LogP contribution in [-0.4, -0.2) is 72.6 Å². The lowest BCUT2D eigenvalue weighted by Crippen LogP contribution is -2.39. The van der Waals surface area contributed by atoms with Crippen LogP contribution in [0.5, 0.6) is 0 Å². The second-order valence-electron chi connectivity index (χ2n) is 7.27. The molecule has 1 aromatic carbocycles. The molecule has 2 saturated heterocycles. The SMILES string of the molecule is c1cc(N2CCCCC2)ccc1Nc1cnnc(NCCN2CCOCC2)n1. The first-order chi connectivity index (χ1) is 13.9. The minimum atomic E-state index is 0.545. The van der Waals surface area contributed by atoms with Crippen molar-refractivity contribution in [2.75, 3.05) is 68.0 Å². The molecule has 0 atom stereocenters. The lowest BCUT2D eigenvalue weighted by atomic mass is 10.1. The van der Waals surface area contributed by atoms with E-state index in [1.54, 1.807) is 6.20 Å². The van der Waals surface area contributed by atoms with Crippen molar-refractivity contribution in [2.45, 2.75) is 19.3 Å².